The maximum absolute atomic E-state index is 12.7. The van der Waals surface area contributed by atoms with Gasteiger partial charge in [0.25, 0.3) is 0 Å². The average Bonchev–Trinajstić information content (AvgIpc) is 2.91. The summed E-state index contributed by atoms with van der Waals surface area (Å²) in [6, 6.07) is 8.03. The molecule has 5 heteroatoms. The maximum atomic E-state index is 12.7. The van der Waals surface area contributed by atoms with Gasteiger partial charge in [-0.3, -0.25) is 4.79 Å². The molecule has 1 aromatic carbocycles. The number of amides is 1. The van der Waals surface area contributed by atoms with Crippen molar-refractivity contribution in [3.63, 3.8) is 0 Å². The molecule has 0 radical (unpaired) electrons. The van der Waals surface area contributed by atoms with E-state index in [2.05, 4.69) is 40.8 Å². The van der Waals surface area contributed by atoms with Crippen molar-refractivity contribution in [2.24, 2.45) is 5.92 Å². The van der Waals surface area contributed by atoms with Crippen LogP contribution in [0.1, 0.15) is 55.7 Å². The van der Waals surface area contributed by atoms with Crippen molar-refractivity contribution in [2.45, 2.75) is 56.1 Å². The topological polar surface area (TPSA) is 64.6 Å². The largest absolute Gasteiger partial charge is 0.390 e. The summed E-state index contributed by atoms with van der Waals surface area (Å²) in [6.45, 7) is 4.11. The first-order valence-corrected chi connectivity index (χ1v) is 10.6. The summed E-state index contributed by atoms with van der Waals surface area (Å²) >= 11 is 0. The summed E-state index contributed by atoms with van der Waals surface area (Å²) < 4.78 is 0. The highest BCUT2D eigenvalue weighted by Gasteiger charge is 2.52. The van der Waals surface area contributed by atoms with Gasteiger partial charge in [0.05, 0.1) is 12.1 Å². The van der Waals surface area contributed by atoms with Gasteiger partial charge in [0, 0.05) is 11.8 Å². The van der Waals surface area contributed by atoms with E-state index in [4.69, 9.17) is 0 Å². The van der Waals surface area contributed by atoms with Crippen molar-refractivity contribution < 1.29 is 9.90 Å². The van der Waals surface area contributed by atoms with Crippen LogP contribution in [-0.4, -0.2) is 55.2 Å². The molecule has 5 nitrogen and oxygen atoms in total. The SMILES string of the molecule is CN1CCC(CCC(=O)N[C@@H]2c3ccccc3C3(CCNCC3)[C@H]2O)CC1. The number of aliphatic hydroxyl groups excluding tert-OH is 1. The van der Waals surface area contributed by atoms with Crippen LogP contribution in [0, 0.1) is 5.92 Å². The van der Waals surface area contributed by atoms with Crippen LogP contribution in [0.15, 0.2) is 24.3 Å². The van der Waals surface area contributed by atoms with Crippen LogP contribution in [0.4, 0.5) is 0 Å². The number of aliphatic hydroxyl groups is 1. The van der Waals surface area contributed by atoms with Crippen molar-refractivity contribution in [3.05, 3.63) is 35.4 Å². The van der Waals surface area contributed by atoms with E-state index in [1.165, 1.54) is 18.4 Å². The molecular formula is C22H33N3O2. The van der Waals surface area contributed by atoms with Crippen molar-refractivity contribution >= 4 is 5.91 Å². The number of fused-ring (bicyclic) bond motifs is 2. The van der Waals surface area contributed by atoms with Crippen molar-refractivity contribution in [2.75, 3.05) is 33.2 Å². The van der Waals surface area contributed by atoms with Crippen molar-refractivity contribution in [3.8, 4) is 0 Å². The molecule has 1 spiro atoms. The zero-order valence-electron chi connectivity index (χ0n) is 16.4. The number of carbonyl (C=O) groups is 1. The van der Waals surface area contributed by atoms with E-state index in [0.29, 0.717) is 12.3 Å². The molecule has 0 saturated carbocycles. The van der Waals surface area contributed by atoms with Gasteiger partial charge in [-0.2, -0.15) is 0 Å². The predicted molar refractivity (Wildman–Crippen MR) is 107 cm³/mol. The van der Waals surface area contributed by atoms with Gasteiger partial charge < -0.3 is 20.6 Å². The number of likely N-dealkylation sites (tertiary alicyclic amines) is 1. The van der Waals surface area contributed by atoms with Gasteiger partial charge in [-0.25, -0.2) is 0 Å². The number of nitrogens with zero attached hydrogens (tertiary/aromatic N) is 1. The second kappa shape index (κ2) is 7.90. The van der Waals surface area contributed by atoms with E-state index in [1.54, 1.807) is 0 Å². The third kappa shape index (κ3) is 3.65. The molecule has 0 unspecified atom stereocenters. The van der Waals surface area contributed by atoms with Crippen molar-refractivity contribution in [1.29, 1.82) is 0 Å². The van der Waals surface area contributed by atoms with E-state index >= 15 is 0 Å². The highest BCUT2D eigenvalue weighted by molar-refractivity contribution is 5.77. The minimum atomic E-state index is -0.538. The number of benzene rings is 1. The quantitative estimate of drug-likeness (QED) is 0.757. The minimum absolute atomic E-state index is 0.0822. The van der Waals surface area contributed by atoms with E-state index in [9.17, 15) is 9.90 Å². The molecule has 0 aromatic heterocycles. The summed E-state index contributed by atoms with van der Waals surface area (Å²) in [5.41, 5.74) is 2.13. The lowest BCUT2D eigenvalue weighted by atomic mass is 9.72. The molecule has 4 rings (SSSR count). The van der Waals surface area contributed by atoms with Gasteiger partial charge in [-0.05, 0) is 82.4 Å². The van der Waals surface area contributed by atoms with Gasteiger partial charge in [-0.1, -0.05) is 24.3 Å². The zero-order valence-corrected chi connectivity index (χ0v) is 16.4. The number of rotatable bonds is 4. The van der Waals surface area contributed by atoms with Crippen LogP contribution in [0.2, 0.25) is 0 Å². The number of nitrogens with one attached hydrogen (secondary N) is 2. The van der Waals surface area contributed by atoms with Crippen LogP contribution in [0.3, 0.4) is 0 Å². The lowest BCUT2D eigenvalue weighted by molar-refractivity contribution is -0.123. The molecule has 2 heterocycles. The molecule has 148 valence electrons. The second-order valence-electron chi connectivity index (χ2n) is 8.77. The van der Waals surface area contributed by atoms with Crippen LogP contribution in [0.5, 0.6) is 0 Å². The molecular weight excluding hydrogens is 338 g/mol. The highest BCUT2D eigenvalue weighted by Crippen LogP contribution is 2.50. The predicted octanol–water partition coefficient (Wildman–Crippen LogP) is 1.96. The van der Waals surface area contributed by atoms with Crippen LogP contribution in [0.25, 0.3) is 0 Å². The fraction of sp³-hybridized carbons (Fsp3) is 0.682. The van der Waals surface area contributed by atoms with Crippen LogP contribution >= 0.6 is 0 Å². The second-order valence-corrected chi connectivity index (χ2v) is 8.77. The maximum Gasteiger partial charge on any atom is 0.220 e. The Morgan fingerprint density at radius 1 is 1.26 bits per heavy atom. The summed E-state index contributed by atoms with van der Waals surface area (Å²) in [4.78, 5) is 15.0. The molecule has 2 fully saturated rings. The fourth-order valence-electron chi connectivity index (χ4n) is 5.40. The van der Waals surface area contributed by atoms with E-state index in [1.807, 2.05) is 6.07 Å². The summed E-state index contributed by atoms with van der Waals surface area (Å²) in [5.74, 6) is 0.738. The Bertz CT molecular complexity index is 663. The van der Waals surface area contributed by atoms with Crippen LogP contribution in [-0.2, 0) is 10.2 Å². The molecule has 1 aromatic rings. The van der Waals surface area contributed by atoms with Gasteiger partial charge in [0.15, 0.2) is 0 Å². The molecule has 1 amide bonds. The number of piperidine rings is 2. The third-order valence-electron chi connectivity index (χ3n) is 7.14. The summed E-state index contributed by atoms with van der Waals surface area (Å²) in [7, 11) is 2.17. The standard InChI is InChI=1S/C22H33N3O2/c1-25-14-8-16(9-15-25)6-7-19(26)24-20-17-4-2-3-5-18(17)22(21(20)27)10-12-23-13-11-22/h2-5,16,20-21,23,27H,6-15H2,1H3,(H,24,26)/t20-,21+/m1/s1. The van der Waals surface area contributed by atoms with Crippen LogP contribution < -0.4 is 10.6 Å². The smallest absolute Gasteiger partial charge is 0.220 e. The molecule has 0 bridgehead atoms. The lowest BCUT2D eigenvalue weighted by Crippen LogP contribution is -2.48. The molecule has 3 N–H and O–H groups in total. The normalized spacial score (nSPS) is 28.2. The first kappa shape index (κ1) is 18.9. The van der Waals surface area contributed by atoms with Gasteiger partial charge in [0.2, 0.25) is 5.91 Å². The highest BCUT2D eigenvalue weighted by atomic mass is 16.3. The van der Waals surface area contributed by atoms with Gasteiger partial charge >= 0.3 is 0 Å². The average molecular weight is 372 g/mol. The Hall–Kier alpha value is -1.43. The lowest BCUT2D eigenvalue weighted by Gasteiger charge is -2.39. The summed E-state index contributed by atoms with van der Waals surface area (Å²) in [6.07, 6.45) is 5.21. The third-order valence-corrected chi connectivity index (χ3v) is 7.14. The number of hydrogen-bond donors (Lipinski definition) is 3. The van der Waals surface area contributed by atoms with E-state index in [0.717, 1.165) is 51.0 Å². The zero-order chi connectivity index (χ0) is 18.9. The Morgan fingerprint density at radius 3 is 2.70 bits per heavy atom. The minimum Gasteiger partial charge on any atom is -0.390 e. The van der Waals surface area contributed by atoms with Crippen molar-refractivity contribution in [1.82, 2.24) is 15.5 Å². The number of carbonyl (C=O) groups excluding carboxylic acids is 1. The number of hydrogen-bond acceptors (Lipinski definition) is 4. The molecule has 2 saturated heterocycles. The van der Waals surface area contributed by atoms with E-state index in [-0.39, 0.29) is 17.4 Å². The van der Waals surface area contributed by atoms with Gasteiger partial charge in [-0.15, -0.1) is 0 Å². The van der Waals surface area contributed by atoms with E-state index < -0.39 is 6.10 Å². The molecule has 2 aliphatic heterocycles. The fourth-order valence-corrected chi connectivity index (χ4v) is 5.40. The first-order chi connectivity index (χ1) is 13.1. The molecule has 3 aliphatic rings. The molecule has 2 atom stereocenters. The Labute approximate surface area is 162 Å². The monoisotopic (exact) mass is 371 g/mol. The first-order valence-electron chi connectivity index (χ1n) is 10.6. The summed E-state index contributed by atoms with van der Waals surface area (Å²) in [5, 5.41) is 17.8. The molecule has 1 aliphatic carbocycles. The Morgan fingerprint density at radius 2 is 1.96 bits per heavy atom. The molecule has 27 heavy (non-hydrogen) atoms. The Kier molecular flexibility index (Phi) is 5.53. The Balaban J connectivity index is 1.42. The van der Waals surface area contributed by atoms with Gasteiger partial charge in [0.1, 0.15) is 0 Å².